The lowest BCUT2D eigenvalue weighted by Gasteiger charge is -2.26. The van der Waals surface area contributed by atoms with E-state index in [0.29, 0.717) is 19.5 Å². The molecule has 0 radical (unpaired) electrons. The van der Waals surface area contributed by atoms with Crippen molar-refractivity contribution in [3.05, 3.63) is 0 Å². The highest BCUT2D eigenvalue weighted by molar-refractivity contribution is 4.76. The molecule has 0 heterocycles. The summed E-state index contributed by atoms with van der Waals surface area (Å²) in [5, 5.41) is 21.6. The van der Waals surface area contributed by atoms with Crippen LogP contribution in [-0.4, -0.2) is 47.8 Å². The molecule has 0 bridgehead atoms. The number of rotatable bonds is 7. The van der Waals surface area contributed by atoms with Gasteiger partial charge in [0, 0.05) is 31.6 Å². The highest BCUT2D eigenvalue weighted by Crippen LogP contribution is 2.00. The highest BCUT2D eigenvalue weighted by Gasteiger charge is 2.14. The maximum absolute atomic E-state index is 9.83. The summed E-state index contributed by atoms with van der Waals surface area (Å²) in [5.41, 5.74) is 0.0324. The summed E-state index contributed by atoms with van der Waals surface area (Å²) in [4.78, 5) is 2.10. The van der Waals surface area contributed by atoms with Crippen molar-refractivity contribution >= 4 is 0 Å². The second kappa shape index (κ2) is 7.61. The Hall–Kier alpha value is -0.630. The first-order chi connectivity index (χ1) is 7.39. The standard InChI is InChI=1S/C12H25N3O/c1-5-15(8-6-7-13)10-11(16)9-14-12(2,3)4/h11,14,16H,5-6,8-10H2,1-4H3. The number of aliphatic hydroxyl groups excluding tert-OH is 1. The van der Waals surface area contributed by atoms with Crippen LogP contribution in [0, 0.1) is 11.3 Å². The summed E-state index contributed by atoms with van der Waals surface area (Å²) in [7, 11) is 0. The molecule has 4 nitrogen and oxygen atoms in total. The summed E-state index contributed by atoms with van der Waals surface area (Å²) >= 11 is 0. The van der Waals surface area contributed by atoms with Crippen LogP contribution in [-0.2, 0) is 0 Å². The van der Waals surface area contributed by atoms with Crippen molar-refractivity contribution in [3.63, 3.8) is 0 Å². The summed E-state index contributed by atoms with van der Waals surface area (Å²) in [6, 6.07) is 2.12. The third-order valence-corrected chi connectivity index (χ3v) is 2.32. The van der Waals surface area contributed by atoms with Gasteiger partial charge in [-0.25, -0.2) is 0 Å². The van der Waals surface area contributed by atoms with E-state index in [4.69, 9.17) is 5.26 Å². The molecule has 0 aromatic heterocycles. The molecule has 0 amide bonds. The van der Waals surface area contributed by atoms with E-state index in [0.717, 1.165) is 13.1 Å². The summed E-state index contributed by atoms with van der Waals surface area (Å²) < 4.78 is 0. The van der Waals surface area contributed by atoms with E-state index >= 15 is 0 Å². The number of nitriles is 1. The number of nitrogens with one attached hydrogen (secondary N) is 1. The van der Waals surface area contributed by atoms with Crippen LogP contribution in [0.2, 0.25) is 0 Å². The number of hydrogen-bond donors (Lipinski definition) is 2. The van der Waals surface area contributed by atoms with Gasteiger partial charge in [-0.15, -0.1) is 0 Å². The zero-order valence-corrected chi connectivity index (χ0v) is 11.0. The zero-order valence-electron chi connectivity index (χ0n) is 11.0. The minimum atomic E-state index is -0.377. The normalized spacial score (nSPS) is 13.8. The van der Waals surface area contributed by atoms with Gasteiger partial charge in [0.2, 0.25) is 0 Å². The van der Waals surface area contributed by atoms with Crippen molar-refractivity contribution in [2.75, 3.05) is 26.2 Å². The number of likely N-dealkylation sites (N-methyl/N-ethyl adjacent to an activating group) is 1. The van der Waals surface area contributed by atoms with Gasteiger partial charge in [0.05, 0.1) is 12.2 Å². The molecule has 0 aliphatic heterocycles. The second-order valence-electron chi connectivity index (χ2n) is 5.09. The lowest BCUT2D eigenvalue weighted by atomic mass is 10.1. The van der Waals surface area contributed by atoms with E-state index < -0.39 is 0 Å². The molecule has 0 aromatic carbocycles. The van der Waals surface area contributed by atoms with Crippen LogP contribution in [0.5, 0.6) is 0 Å². The van der Waals surface area contributed by atoms with Gasteiger partial charge in [-0.3, -0.25) is 4.90 Å². The van der Waals surface area contributed by atoms with E-state index in [1.807, 2.05) is 6.92 Å². The molecule has 0 aromatic rings. The van der Waals surface area contributed by atoms with Crippen molar-refractivity contribution < 1.29 is 5.11 Å². The number of aliphatic hydroxyl groups is 1. The van der Waals surface area contributed by atoms with Crippen LogP contribution in [0.25, 0.3) is 0 Å². The van der Waals surface area contributed by atoms with Crippen LogP contribution in [0.3, 0.4) is 0 Å². The molecular formula is C12H25N3O. The van der Waals surface area contributed by atoms with E-state index in [9.17, 15) is 5.11 Å². The number of nitrogens with zero attached hydrogens (tertiary/aromatic N) is 2. The third-order valence-electron chi connectivity index (χ3n) is 2.32. The molecule has 0 aliphatic rings. The number of β-amino-alcohol motifs (C(OH)–C–C–N with tert-alkyl or cyclic N) is 1. The van der Waals surface area contributed by atoms with E-state index in [1.54, 1.807) is 0 Å². The van der Waals surface area contributed by atoms with Gasteiger partial charge in [-0.2, -0.15) is 5.26 Å². The van der Waals surface area contributed by atoms with Crippen LogP contribution in [0.1, 0.15) is 34.1 Å². The molecule has 0 aliphatic carbocycles. The highest BCUT2D eigenvalue weighted by atomic mass is 16.3. The fourth-order valence-electron chi connectivity index (χ4n) is 1.37. The molecule has 0 rings (SSSR count). The SMILES string of the molecule is CCN(CCC#N)CC(O)CNC(C)(C)C. The quantitative estimate of drug-likeness (QED) is 0.680. The van der Waals surface area contributed by atoms with Crippen LogP contribution < -0.4 is 5.32 Å². The van der Waals surface area contributed by atoms with Crippen LogP contribution in [0.15, 0.2) is 0 Å². The summed E-state index contributed by atoms with van der Waals surface area (Å²) in [6.45, 7) is 11.1. The maximum Gasteiger partial charge on any atom is 0.0791 e. The summed E-state index contributed by atoms with van der Waals surface area (Å²) in [6.07, 6.45) is 0.144. The maximum atomic E-state index is 9.83. The Bertz CT molecular complexity index is 217. The molecule has 0 saturated heterocycles. The van der Waals surface area contributed by atoms with Gasteiger partial charge >= 0.3 is 0 Å². The van der Waals surface area contributed by atoms with Crippen LogP contribution in [0.4, 0.5) is 0 Å². The molecule has 16 heavy (non-hydrogen) atoms. The zero-order chi connectivity index (χ0) is 12.6. The predicted molar refractivity (Wildman–Crippen MR) is 66.1 cm³/mol. The van der Waals surface area contributed by atoms with Crippen molar-refractivity contribution in [3.8, 4) is 6.07 Å². The van der Waals surface area contributed by atoms with Gasteiger partial charge in [0.1, 0.15) is 0 Å². The third kappa shape index (κ3) is 8.66. The molecular weight excluding hydrogens is 202 g/mol. The number of hydrogen-bond acceptors (Lipinski definition) is 4. The first-order valence-corrected chi connectivity index (χ1v) is 5.91. The van der Waals surface area contributed by atoms with Crippen LogP contribution >= 0.6 is 0 Å². The van der Waals surface area contributed by atoms with Gasteiger partial charge in [-0.05, 0) is 27.3 Å². The first-order valence-electron chi connectivity index (χ1n) is 5.91. The van der Waals surface area contributed by atoms with Crippen molar-refractivity contribution in [1.82, 2.24) is 10.2 Å². The Balaban J connectivity index is 3.83. The lowest BCUT2D eigenvalue weighted by Crippen LogP contribution is -2.44. The molecule has 0 saturated carbocycles. The fraction of sp³-hybridized carbons (Fsp3) is 0.917. The smallest absolute Gasteiger partial charge is 0.0791 e. The molecule has 1 atom stereocenters. The van der Waals surface area contributed by atoms with Crippen molar-refractivity contribution in [2.24, 2.45) is 0 Å². The van der Waals surface area contributed by atoms with E-state index in [2.05, 4.69) is 37.1 Å². The topological polar surface area (TPSA) is 59.3 Å². The molecule has 94 valence electrons. The predicted octanol–water partition coefficient (Wildman–Crippen LogP) is 0.971. The Morgan fingerprint density at radius 3 is 2.50 bits per heavy atom. The average Bonchev–Trinajstić information content (AvgIpc) is 2.20. The molecule has 0 fully saturated rings. The van der Waals surface area contributed by atoms with E-state index in [-0.39, 0.29) is 11.6 Å². The minimum Gasteiger partial charge on any atom is -0.390 e. The first kappa shape index (κ1) is 15.4. The molecule has 2 N–H and O–H groups in total. The van der Waals surface area contributed by atoms with Gasteiger partial charge in [0.15, 0.2) is 0 Å². The Kier molecular flexibility index (Phi) is 7.31. The fourth-order valence-corrected chi connectivity index (χ4v) is 1.37. The minimum absolute atomic E-state index is 0.0324. The Morgan fingerprint density at radius 1 is 1.44 bits per heavy atom. The summed E-state index contributed by atoms with van der Waals surface area (Å²) in [5.74, 6) is 0. The van der Waals surface area contributed by atoms with Gasteiger partial charge in [-0.1, -0.05) is 6.92 Å². The van der Waals surface area contributed by atoms with Crippen molar-refractivity contribution in [2.45, 2.75) is 45.8 Å². The second-order valence-corrected chi connectivity index (χ2v) is 5.09. The molecule has 4 heteroatoms. The molecule has 0 spiro atoms. The monoisotopic (exact) mass is 227 g/mol. The largest absolute Gasteiger partial charge is 0.390 e. The Morgan fingerprint density at radius 2 is 2.06 bits per heavy atom. The van der Waals surface area contributed by atoms with E-state index in [1.165, 1.54) is 0 Å². The van der Waals surface area contributed by atoms with Gasteiger partial charge < -0.3 is 10.4 Å². The van der Waals surface area contributed by atoms with Gasteiger partial charge in [0.25, 0.3) is 0 Å². The Labute approximate surface area is 99.3 Å². The lowest BCUT2D eigenvalue weighted by molar-refractivity contribution is 0.109. The molecule has 1 unspecified atom stereocenters. The average molecular weight is 227 g/mol. The van der Waals surface area contributed by atoms with Crippen molar-refractivity contribution in [1.29, 1.82) is 5.26 Å².